The van der Waals surface area contributed by atoms with Crippen LogP contribution in [0, 0.1) is 0 Å². The fraction of sp³-hybridized carbons (Fsp3) is 0.583. The lowest BCUT2D eigenvalue weighted by molar-refractivity contribution is 0.525. The minimum absolute atomic E-state index is 0.357. The van der Waals surface area contributed by atoms with Crippen molar-refractivity contribution in [2.24, 2.45) is 0 Å². The molecule has 1 aliphatic rings. The zero-order chi connectivity index (χ0) is 12.5. The SMILES string of the molecule is CC(C)n1ccc(-n2nncc2CNC2CC2)n1. The van der Waals surface area contributed by atoms with E-state index in [1.54, 1.807) is 10.9 Å². The lowest BCUT2D eigenvalue weighted by Gasteiger charge is -2.05. The molecule has 0 saturated heterocycles. The summed E-state index contributed by atoms with van der Waals surface area (Å²) >= 11 is 0. The van der Waals surface area contributed by atoms with E-state index in [0.29, 0.717) is 12.1 Å². The molecule has 18 heavy (non-hydrogen) atoms. The van der Waals surface area contributed by atoms with Crippen molar-refractivity contribution >= 4 is 0 Å². The molecule has 2 aromatic heterocycles. The summed E-state index contributed by atoms with van der Waals surface area (Å²) < 4.78 is 3.73. The third-order valence-electron chi connectivity index (χ3n) is 3.11. The van der Waals surface area contributed by atoms with E-state index in [9.17, 15) is 0 Å². The first-order chi connectivity index (χ1) is 8.74. The Balaban J connectivity index is 1.79. The van der Waals surface area contributed by atoms with Crippen LogP contribution in [0.1, 0.15) is 38.4 Å². The molecular weight excluding hydrogens is 228 g/mol. The van der Waals surface area contributed by atoms with E-state index in [4.69, 9.17) is 0 Å². The predicted molar refractivity (Wildman–Crippen MR) is 67.4 cm³/mol. The fourth-order valence-electron chi connectivity index (χ4n) is 1.83. The maximum atomic E-state index is 4.50. The van der Waals surface area contributed by atoms with Crippen molar-refractivity contribution in [2.45, 2.75) is 45.3 Å². The van der Waals surface area contributed by atoms with Gasteiger partial charge in [-0.2, -0.15) is 9.78 Å². The van der Waals surface area contributed by atoms with Crippen molar-refractivity contribution < 1.29 is 0 Å². The first-order valence-electron chi connectivity index (χ1n) is 6.42. The van der Waals surface area contributed by atoms with Gasteiger partial charge in [0, 0.05) is 30.9 Å². The van der Waals surface area contributed by atoms with Gasteiger partial charge < -0.3 is 5.32 Å². The van der Waals surface area contributed by atoms with Crippen LogP contribution in [0.2, 0.25) is 0 Å². The number of aromatic nitrogens is 5. The van der Waals surface area contributed by atoms with E-state index in [1.807, 2.05) is 16.9 Å². The Bertz CT molecular complexity index is 522. The minimum atomic E-state index is 0.357. The lowest BCUT2D eigenvalue weighted by atomic mass is 10.4. The third kappa shape index (κ3) is 2.28. The molecule has 96 valence electrons. The van der Waals surface area contributed by atoms with Crippen LogP contribution in [0.4, 0.5) is 0 Å². The molecular formula is C12H18N6. The van der Waals surface area contributed by atoms with E-state index in [2.05, 4.69) is 34.6 Å². The molecule has 6 heteroatoms. The Morgan fingerprint density at radius 3 is 2.94 bits per heavy atom. The average molecular weight is 246 g/mol. The van der Waals surface area contributed by atoms with Crippen LogP contribution in [0.25, 0.3) is 5.82 Å². The molecule has 1 aliphatic carbocycles. The Labute approximate surface area is 106 Å². The first-order valence-corrected chi connectivity index (χ1v) is 6.42. The maximum absolute atomic E-state index is 4.50. The van der Waals surface area contributed by atoms with Crippen molar-refractivity contribution in [2.75, 3.05) is 0 Å². The molecule has 1 saturated carbocycles. The second-order valence-electron chi connectivity index (χ2n) is 5.04. The van der Waals surface area contributed by atoms with Crippen LogP contribution in [-0.2, 0) is 6.54 Å². The lowest BCUT2D eigenvalue weighted by Crippen LogP contribution is -2.18. The maximum Gasteiger partial charge on any atom is 0.177 e. The van der Waals surface area contributed by atoms with Crippen LogP contribution in [0.5, 0.6) is 0 Å². The number of nitrogens with one attached hydrogen (secondary N) is 1. The van der Waals surface area contributed by atoms with Gasteiger partial charge >= 0.3 is 0 Å². The molecule has 3 rings (SSSR count). The molecule has 0 atom stereocenters. The summed E-state index contributed by atoms with van der Waals surface area (Å²) in [5.41, 5.74) is 1.05. The molecule has 0 aromatic carbocycles. The summed E-state index contributed by atoms with van der Waals surface area (Å²) in [7, 11) is 0. The van der Waals surface area contributed by atoms with E-state index in [0.717, 1.165) is 18.1 Å². The van der Waals surface area contributed by atoms with Gasteiger partial charge in [0.1, 0.15) is 0 Å². The van der Waals surface area contributed by atoms with Gasteiger partial charge in [-0.3, -0.25) is 4.68 Å². The van der Waals surface area contributed by atoms with E-state index in [1.165, 1.54) is 12.8 Å². The quantitative estimate of drug-likeness (QED) is 0.863. The van der Waals surface area contributed by atoms with Gasteiger partial charge in [0.25, 0.3) is 0 Å². The summed E-state index contributed by atoms with van der Waals surface area (Å²) in [5, 5.41) is 16.1. The van der Waals surface area contributed by atoms with Gasteiger partial charge in [0.2, 0.25) is 0 Å². The molecule has 1 N–H and O–H groups in total. The van der Waals surface area contributed by atoms with Gasteiger partial charge in [-0.25, -0.2) is 0 Å². The number of rotatable bonds is 5. The fourth-order valence-corrected chi connectivity index (χ4v) is 1.83. The van der Waals surface area contributed by atoms with Crippen molar-refractivity contribution in [3.63, 3.8) is 0 Å². The number of hydrogen-bond donors (Lipinski definition) is 1. The minimum Gasteiger partial charge on any atom is -0.308 e. The summed E-state index contributed by atoms with van der Waals surface area (Å²) in [6.07, 6.45) is 6.33. The van der Waals surface area contributed by atoms with Gasteiger partial charge in [-0.15, -0.1) is 5.10 Å². The number of hydrogen-bond acceptors (Lipinski definition) is 4. The zero-order valence-corrected chi connectivity index (χ0v) is 10.7. The summed E-state index contributed by atoms with van der Waals surface area (Å²) in [6.45, 7) is 5.01. The molecule has 0 bridgehead atoms. The molecule has 0 amide bonds. The van der Waals surface area contributed by atoms with Crippen molar-refractivity contribution in [3.8, 4) is 5.82 Å². The van der Waals surface area contributed by atoms with Gasteiger partial charge in [0.15, 0.2) is 5.82 Å². The molecule has 0 aliphatic heterocycles. The van der Waals surface area contributed by atoms with Crippen LogP contribution in [0.15, 0.2) is 18.5 Å². The summed E-state index contributed by atoms with van der Waals surface area (Å²) in [6, 6.07) is 3.01. The highest BCUT2D eigenvalue weighted by Crippen LogP contribution is 2.19. The third-order valence-corrected chi connectivity index (χ3v) is 3.11. The Kier molecular flexibility index (Phi) is 2.87. The Morgan fingerprint density at radius 1 is 1.44 bits per heavy atom. The molecule has 0 unspecified atom stereocenters. The Morgan fingerprint density at radius 2 is 2.28 bits per heavy atom. The highest BCUT2D eigenvalue weighted by atomic mass is 15.5. The van der Waals surface area contributed by atoms with Crippen molar-refractivity contribution in [1.29, 1.82) is 0 Å². The number of nitrogens with zero attached hydrogens (tertiary/aromatic N) is 5. The second kappa shape index (κ2) is 4.53. The molecule has 0 spiro atoms. The predicted octanol–water partition coefficient (Wildman–Crippen LogP) is 1.30. The monoisotopic (exact) mass is 246 g/mol. The van der Waals surface area contributed by atoms with Crippen LogP contribution in [0.3, 0.4) is 0 Å². The van der Waals surface area contributed by atoms with E-state index in [-0.39, 0.29) is 0 Å². The summed E-state index contributed by atoms with van der Waals surface area (Å²) in [4.78, 5) is 0. The first kappa shape index (κ1) is 11.4. The molecule has 0 radical (unpaired) electrons. The zero-order valence-electron chi connectivity index (χ0n) is 10.7. The molecule has 6 nitrogen and oxygen atoms in total. The molecule has 2 aromatic rings. The standard InChI is InChI=1S/C12H18N6/c1-9(2)17-6-5-12(15-17)18-11(8-14-16-18)7-13-10-3-4-10/h5-6,8-10,13H,3-4,7H2,1-2H3. The average Bonchev–Trinajstić information content (AvgIpc) is 2.89. The molecule has 2 heterocycles. The van der Waals surface area contributed by atoms with E-state index < -0.39 is 0 Å². The van der Waals surface area contributed by atoms with Gasteiger partial charge in [-0.1, -0.05) is 5.21 Å². The van der Waals surface area contributed by atoms with Gasteiger partial charge in [-0.05, 0) is 26.7 Å². The highest BCUT2D eigenvalue weighted by molar-refractivity contribution is 5.21. The topological polar surface area (TPSA) is 60.6 Å². The molecule has 1 fully saturated rings. The van der Waals surface area contributed by atoms with Gasteiger partial charge in [0.05, 0.1) is 11.9 Å². The largest absolute Gasteiger partial charge is 0.308 e. The van der Waals surface area contributed by atoms with Crippen molar-refractivity contribution in [3.05, 3.63) is 24.2 Å². The van der Waals surface area contributed by atoms with Crippen LogP contribution in [-0.4, -0.2) is 30.8 Å². The highest BCUT2D eigenvalue weighted by Gasteiger charge is 2.21. The second-order valence-corrected chi connectivity index (χ2v) is 5.04. The normalized spacial score (nSPS) is 15.5. The summed E-state index contributed by atoms with van der Waals surface area (Å²) in [5.74, 6) is 0.828. The smallest absolute Gasteiger partial charge is 0.177 e. The van der Waals surface area contributed by atoms with Crippen LogP contribution < -0.4 is 5.32 Å². The van der Waals surface area contributed by atoms with Crippen LogP contribution >= 0.6 is 0 Å². The Hall–Kier alpha value is -1.69. The van der Waals surface area contributed by atoms with Crippen molar-refractivity contribution in [1.82, 2.24) is 30.1 Å². The van der Waals surface area contributed by atoms with E-state index >= 15 is 0 Å².